The second-order valence-corrected chi connectivity index (χ2v) is 11.9. The molecule has 1 aliphatic carbocycles. The number of primary amides is 1. The van der Waals surface area contributed by atoms with E-state index in [4.69, 9.17) is 10.5 Å². The standard InChI is InChI=1S/C27H31FN4O8S/c1-3-40-26(35)18-10-11-32(23(33)14-30-21-12-15(25(29)34)4-8-20(21)28)24(18)19-13-16(31-27(36)39-2)5-9-22(19)41(37,38)17-6-7-17/h4-5,8-9,12-13,17-18,24,30H,3,6-7,10-11,14H2,1-2H3,(H2,29,34)(H,31,36)/t18-,24-/m1/s1. The van der Waals surface area contributed by atoms with E-state index in [1.165, 1.54) is 42.3 Å². The Kier molecular flexibility index (Phi) is 8.80. The van der Waals surface area contributed by atoms with Gasteiger partial charge >= 0.3 is 12.1 Å². The molecule has 4 rings (SSSR count). The van der Waals surface area contributed by atoms with E-state index in [1.807, 2.05) is 0 Å². The molecule has 4 N–H and O–H groups in total. The molecule has 12 nitrogen and oxygen atoms in total. The van der Waals surface area contributed by atoms with Gasteiger partial charge in [-0.15, -0.1) is 0 Å². The topological polar surface area (TPSA) is 174 Å². The highest BCUT2D eigenvalue weighted by Crippen LogP contribution is 2.44. The molecule has 0 unspecified atom stereocenters. The van der Waals surface area contributed by atoms with Crippen molar-refractivity contribution in [1.82, 2.24) is 4.90 Å². The number of carbonyl (C=O) groups excluding carboxylic acids is 4. The number of nitrogens with one attached hydrogen (secondary N) is 2. The minimum absolute atomic E-state index is 0.0348. The number of anilines is 2. The van der Waals surface area contributed by atoms with E-state index in [9.17, 15) is 32.0 Å². The zero-order valence-corrected chi connectivity index (χ0v) is 23.3. The fourth-order valence-corrected chi connectivity index (χ4v) is 6.76. The van der Waals surface area contributed by atoms with Crippen LogP contribution in [-0.2, 0) is 28.9 Å². The lowest BCUT2D eigenvalue weighted by molar-refractivity contribution is -0.149. The number of likely N-dealkylation sites (tertiary alicyclic amines) is 1. The first-order valence-corrected chi connectivity index (χ1v) is 14.5. The average molecular weight is 591 g/mol. The molecule has 0 spiro atoms. The summed E-state index contributed by atoms with van der Waals surface area (Å²) in [6, 6.07) is 6.54. The molecule has 14 heteroatoms. The molecule has 1 saturated carbocycles. The van der Waals surface area contributed by atoms with Crippen molar-refractivity contribution in [2.24, 2.45) is 11.7 Å². The first-order chi connectivity index (χ1) is 19.5. The van der Waals surface area contributed by atoms with Crippen molar-refractivity contribution in [3.63, 3.8) is 0 Å². The predicted molar refractivity (Wildman–Crippen MR) is 145 cm³/mol. The molecule has 2 aromatic rings. The lowest BCUT2D eigenvalue weighted by atomic mass is 9.93. The Bertz CT molecular complexity index is 1480. The van der Waals surface area contributed by atoms with Gasteiger partial charge in [0, 0.05) is 17.8 Å². The van der Waals surface area contributed by atoms with Gasteiger partial charge in [0.2, 0.25) is 11.8 Å². The van der Waals surface area contributed by atoms with Gasteiger partial charge in [0.05, 0.1) is 48.1 Å². The second kappa shape index (κ2) is 12.1. The molecule has 1 aliphatic heterocycles. The Hall–Kier alpha value is -4.20. The van der Waals surface area contributed by atoms with Crippen LogP contribution in [0.1, 0.15) is 48.1 Å². The molecule has 1 saturated heterocycles. The zero-order chi connectivity index (χ0) is 29.9. The van der Waals surface area contributed by atoms with E-state index in [0.29, 0.717) is 12.8 Å². The SMILES string of the molecule is CCOC(=O)[C@@H]1CCN(C(=O)CNc2cc(C(N)=O)ccc2F)[C@H]1c1cc(NC(=O)OC)ccc1S(=O)(=O)C1CC1. The highest BCUT2D eigenvalue weighted by atomic mass is 32.2. The van der Waals surface area contributed by atoms with Gasteiger partial charge in [-0.05, 0) is 68.1 Å². The summed E-state index contributed by atoms with van der Waals surface area (Å²) in [6.45, 7) is 1.35. The maximum Gasteiger partial charge on any atom is 0.411 e. The van der Waals surface area contributed by atoms with Crippen LogP contribution in [0, 0.1) is 11.7 Å². The normalized spacial score (nSPS) is 18.5. The first kappa shape index (κ1) is 29.8. The molecule has 0 bridgehead atoms. The molecule has 1 heterocycles. The summed E-state index contributed by atoms with van der Waals surface area (Å²) in [5.74, 6) is -3.57. The number of rotatable bonds is 10. The Morgan fingerprint density at radius 1 is 1.10 bits per heavy atom. The number of amides is 3. The van der Waals surface area contributed by atoms with Crippen molar-refractivity contribution in [1.29, 1.82) is 0 Å². The number of nitrogens with zero attached hydrogens (tertiary/aromatic N) is 1. The number of carbonyl (C=O) groups is 4. The van der Waals surface area contributed by atoms with Gasteiger partial charge in [0.15, 0.2) is 9.84 Å². The monoisotopic (exact) mass is 590 g/mol. The molecule has 2 aliphatic rings. The van der Waals surface area contributed by atoms with Crippen LogP contribution in [-0.4, -0.2) is 69.3 Å². The zero-order valence-electron chi connectivity index (χ0n) is 22.5. The Morgan fingerprint density at radius 2 is 1.83 bits per heavy atom. The number of halogens is 1. The van der Waals surface area contributed by atoms with Crippen LogP contribution in [0.2, 0.25) is 0 Å². The third-order valence-corrected chi connectivity index (χ3v) is 9.35. The molecule has 3 amide bonds. The fraction of sp³-hybridized carbons (Fsp3) is 0.407. The molecular weight excluding hydrogens is 559 g/mol. The van der Waals surface area contributed by atoms with Crippen molar-refractivity contribution >= 4 is 45.1 Å². The van der Waals surface area contributed by atoms with Crippen LogP contribution in [0.4, 0.5) is 20.6 Å². The van der Waals surface area contributed by atoms with Gasteiger partial charge in [-0.3, -0.25) is 19.7 Å². The summed E-state index contributed by atoms with van der Waals surface area (Å²) >= 11 is 0. The minimum atomic E-state index is -3.81. The number of methoxy groups -OCH3 is 1. The fourth-order valence-electron chi connectivity index (χ4n) is 4.88. The number of sulfone groups is 1. The number of nitrogens with two attached hydrogens (primary N) is 1. The van der Waals surface area contributed by atoms with Crippen LogP contribution in [0.3, 0.4) is 0 Å². The van der Waals surface area contributed by atoms with Gasteiger partial charge in [0.1, 0.15) is 5.82 Å². The summed E-state index contributed by atoms with van der Waals surface area (Å²) in [7, 11) is -2.64. The maximum atomic E-state index is 14.4. The van der Waals surface area contributed by atoms with Crippen LogP contribution in [0.5, 0.6) is 0 Å². The molecule has 41 heavy (non-hydrogen) atoms. The van der Waals surface area contributed by atoms with Crippen molar-refractivity contribution in [3.8, 4) is 0 Å². The van der Waals surface area contributed by atoms with Crippen molar-refractivity contribution in [2.45, 2.75) is 42.4 Å². The molecule has 220 valence electrons. The summed E-state index contributed by atoms with van der Waals surface area (Å²) < 4.78 is 51.2. The van der Waals surface area contributed by atoms with Crippen LogP contribution in [0.25, 0.3) is 0 Å². The Morgan fingerprint density at radius 3 is 2.46 bits per heavy atom. The smallest absolute Gasteiger partial charge is 0.411 e. The lowest BCUT2D eigenvalue weighted by Crippen LogP contribution is -2.38. The summed E-state index contributed by atoms with van der Waals surface area (Å²) in [5.41, 5.74) is 5.53. The average Bonchev–Trinajstić information content (AvgIpc) is 3.71. The highest BCUT2D eigenvalue weighted by Gasteiger charge is 2.46. The minimum Gasteiger partial charge on any atom is -0.466 e. The summed E-state index contributed by atoms with van der Waals surface area (Å²) in [6.07, 6.45) is 0.356. The van der Waals surface area contributed by atoms with Crippen molar-refractivity contribution < 1.29 is 41.5 Å². The molecule has 2 fully saturated rings. The third-order valence-electron chi connectivity index (χ3n) is 7.02. The predicted octanol–water partition coefficient (Wildman–Crippen LogP) is 2.60. The molecular formula is C27H31FN4O8S. The molecule has 2 aromatic carbocycles. The van der Waals surface area contributed by atoms with Crippen LogP contribution >= 0.6 is 0 Å². The van der Waals surface area contributed by atoms with Gasteiger partial charge in [-0.2, -0.15) is 0 Å². The van der Waals surface area contributed by atoms with E-state index in [-0.39, 0.29) is 47.0 Å². The molecule has 0 radical (unpaired) electrons. The van der Waals surface area contributed by atoms with E-state index in [0.717, 1.165) is 6.07 Å². The van der Waals surface area contributed by atoms with Crippen LogP contribution < -0.4 is 16.4 Å². The number of esters is 1. The second-order valence-electron chi connectivity index (χ2n) is 9.71. The highest BCUT2D eigenvalue weighted by molar-refractivity contribution is 7.92. The first-order valence-electron chi connectivity index (χ1n) is 13.0. The Labute approximate surface area is 236 Å². The number of hydrogen-bond donors (Lipinski definition) is 3. The molecule has 0 aromatic heterocycles. The largest absolute Gasteiger partial charge is 0.466 e. The number of ether oxygens (including phenoxy) is 2. The van der Waals surface area contributed by atoms with E-state index < -0.39 is 63.3 Å². The van der Waals surface area contributed by atoms with Gasteiger partial charge in [-0.25, -0.2) is 17.6 Å². The van der Waals surface area contributed by atoms with Crippen molar-refractivity contribution in [2.75, 3.05) is 37.4 Å². The number of benzene rings is 2. The summed E-state index contributed by atoms with van der Waals surface area (Å²) in [4.78, 5) is 51.3. The van der Waals surface area contributed by atoms with E-state index in [2.05, 4.69) is 15.4 Å². The summed E-state index contributed by atoms with van der Waals surface area (Å²) in [5, 5.41) is 4.57. The lowest BCUT2D eigenvalue weighted by Gasteiger charge is -2.30. The maximum absolute atomic E-state index is 14.4. The quantitative estimate of drug-likeness (QED) is 0.351. The van der Waals surface area contributed by atoms with Gasteiger partial charge in [-0.1, -0.05) is 0 Å². The van der Waals surface area contributed by atoms with Crippen LogP contribution in [0.15, 0.2) is 41.3 Å². The van der Waals surface area contributed by atoms with E-state index in [1.54, 1.807) is 6.92 Å². The molecule has 2 atom stereocenters. The number of hydrogen-bond acceptors (Lipinski definition) is 9. The van der Waals surface area contributed by atoms with Gasteiger partial charge < -0.3 is 25.4 Å². The third kappa shape index (κ3) is 6.42. The van der Waals surface area contributed by atoms with Gasteiger partial charge in [0.25, 0.3) is 0 Å². The van der Waals surface area contributed by atoms with Crippen molar-refractivity contribution in [3.05, 3.63) is 53.3 Å². The van der Waals surface area contributed by atoms with E-state index >= 15 is 0 Å². The Balaban J connectivity index is 1.73.